The normalized spacial score (nSPS) is 9.95. The summed E-state index contributed by atoms with van der Waals surface area (Å²) in [5.74, 6) is -2.06. The lowest BCUT2D eigenvalue weighted by Crippen LogP contribution is -2.14. The van der Waals surface area contributed by atoms with Crippen molar-refractivity contribution in [1.82, 2.24) is 9.97 Å². The molecule has 96 valence electrons. The third-order valence-corrected chi connectivity index (χ3v) is 2.35. The number of ether oxygens (including phenoxy) is 1. The minimum absolute atomic E-state index is 0.101. The van der Waals surface area contributed by atoms with E-state index in [0.717, 1.165) is 5.56 Å². The summed E-state index contributed by atoms with van der Waals surface area (Å²) < 4.78 is 5.14. The highest BCUT2D eigenvalue weighted by Crippen LogP contribution is 2.17. The van der Waals surface area contributed by atoms with Gasteiger partial charge >= 0.3 is 11.9 Å². The fraction of sp³-hybridized carbons (Fsp3) is 0.0769. The monoisotopic (exact) mass is 258 g/mol. The van der Waals surface area contributed by atoms with Gasteiger partial charge in [0, 0.05) is 6.20 Å². The molecule has 0 aliphatic carbocycles. The molecule has 6 heteroatoms. The quantitative estimate of drug-likeness (QED) is 0.665. The number of aryl methyl sites for hydroxylation is 1. The van der Waals surface area contributed by atoms with Crippen molar-refractivity contribution >= 4 is 11.9 Å². The first-order chi connectivity index (χ1) is 9.08. The lowest BCUT2D eigenvalue weighted by molar-refractivity contribution is 0.0682. The maximum absolute atomic E-state index is 11.8. The minimum atomic E-state index is -1.30. The molecule has 2 aromatic rings. The van der Waals surface area contributed by atoms with Crippen molar-refractivity contribution in [3.8, 4) is 5.75 Å². The fourth-order valence-corrected chi connectivity index (χ4v) is 1.40. The van der Waals surface area contributed by atoms with Crippen LogP contribution < -0.4 is 4.74 Å². The van der Waals surface area contributed by atoms with Crippen LogP contribution in [0.3, 0.4) is 0 Å². The maximum atomic E-state index is 11.8. The van der Waals surface area contributed by atoms with Gasteiger partial charge < -0.3 is 9.84 Å². The molecule has 2 rings (SSSR count). The molecular formula is C13H10N2O4. The summed E-state index contributed by atoms with van der Waals surface area (Å²) in [7, 11) is 0. The molecule has 0 bridgehead atoms. The second-order valence-electron chi connectivity index (χ2n) is 3.73. The zero-order chi connectivity index (χ0) is 13.8. The molecule has 1 N–H and O–H groups in total. The van der Waals surface area contributed by atoms with Crippen molar-refractivity contribution in [1.29, 1.82) is 0 Å². The molecule has 1 aromatic carbocycles. The van der Waals surface area contributed by atoms with Gasteiger partial charge in [0.1, 0.15) is 5.75 Å². The van der Waals surface area contributed by atoms with Crippen LogP contribution in [-0.2, 0) is 0 Å². The molecule has 0 saturated heterocycles. The van der Waals surface area contributed by atoms with E-state index < -0.39 is 17.8 Å². The molecular weight excluding hydrogens is 248 g/mol. The highest BCUT2D eigenvalue weighted by Gasteiger charge is 2.15. The summed E-state index contributed by atoms with van der Waals surface area (Å²) in [6, 6.07) is 8.29. The molecule has 0 aliphatic rings. The number of benzene rings is 1. The average molecular weight is 258 g/mol. The number of nitrogens with zero attached hydrogens (tertiary/aromatic N) is 2. The molecule has 0 unspecified atom stereocenters. The summed E-state index contributed by atoms with van der Waals surface area (Å²) in [5, 5.41) is 8.75. The van der Waals surface area contributed by atoms with Crippen LogP contribution in [0.25, 0.3) is 0 Å². The van der Waals surface area contributed by atoms with E-state index in [-0.39, 0.29) is 5.69 Å². The van der Waals surface area contributed by atoms with Crippen LogP contribution in [0.4, 0.5) is 0 Å². The zero-order valence-corrected chi connectivity index (χ0v) is 10.0. The van der Waals surface area contributed by atoms with E-state index in [0.29, 0.717) is 5.75 Å². The Labute approximate surface area is 108 Å². The number of aromatic carboxylic acids is 1. The number of carbonyl (C=O) groups excluding carboxylic acids is 1. The second-order valence-corrected chi connectivity index (χ2v) is 3.73. The molecule has 1 aromatic heterocycles. The number of carboxylic acids is 1. The topological polar surface area (TPSA) is 89.4 Å². The number of hydrogen-bond donors (Lipinski definition) is 1. The van der Waals surface area contributed by atoms with Crippen LogP contribution in [0.2, 0.25) is 0 Å². The number of carbonyl (C=O) groups is 2. The number of rotatable bonds is 3. The predicted molar refractivity (Wildman–Crippen MR) is 65.1 cm³/mol. The van der Waals surface area contributed by atoms with Gasteiger partial charge in [-0.25, -0.2) is 19.6 Å². The summed E-state index contributed by atoms with van der Waals surface area (Å²) in [6.07, 6.45) is 1.20. The molecule has 0 aliphatic heterocycles. The van der Waals surface area contributed by atoms with E-state index in [2.05, 4.69) is 9.97 Å². The maximum Gasteiger partial charge on any atom is 0.373 e. The van der Waals surface area contributed by atoms with Gasteiger partial charge in [-0.15, -0.1) is 0 Å². The first-order valence-electron chi connectivity index (χ1n) is 5.42. The fourth-order valence-electron chi connectivity index (χ4n) is 1.40. The molecule has 1 heterocycles. The van der Waals surface area contributed by atoms with Gasteiger partial charge in [-0.1, -0.05) is 18.2 Å². The van der Waals surface area contributed by atoms with Gasteiger partial charge in [-0.3, -0.25) is 0 Å². The van der Waals surface area contributed by atoms with E-state index >= 15 is 0 Å². The number of carboxylic acid groups (broad SMARTS) is 1. The van der Waals surface area contributed by atoms with E-state index in [9.17, 15) is 9.59 Å². The van der Waals surface area contributed by atoms with E-state index in [1.54, 1.807) is 25.1 Å². The Balaban J connectivity index is 2.23. The van der Waals surface area contributed by atoms with Crippen LogP contribution >= 0.6 is 0 Å². The van der Waals surface area contributed by atoms with Crippen LogP contribution in [0.1, 0.15) is 26.7 Å². The number of hydrogen-bond acceptors (Lipinski definition) is 5. The number of para-hydroxylation sites is 1. The Morgan fingerprint density at radius 2 is 1.95 bits per heavy atom. The van der Waals surface area contributed by atoms with Crippen molar-refractivity contribution in [2.24, 2.45) is 0 Å². The van der Waals surface area contributed by atoms with E-state index in [1.807, 2.05) is 6.07 Å². The number of aromatic nitrogens is 2. The second kappa shape index (κ2) is 5.26. The van der Waals surface area contributed by atoms with Crippen molar-refractivity contribution in [2.75, 3.05) is 0 Å². The first kappa shape index (κ1) is 12.7. The summed E-state index contributed by atoms with van der Waals surface area (Å²) >= 11 is 0. The third kappa shape index (κ3) is 2.92. The number of esters is 1. The molecule has 0 atom stereocenters. The van der Waals surface area contributed by atoms with Crippen molar-refractivity contribution in [2.45, 2.75) is 6.92 Å². The van der Waals surface area contributed by atoms with E-state index in [1.165, 1.54) is 12.3 Å². The molecule has 0 saturated carbocycles. The van der Waals surface area contributed by atoms with Gasteiger partial charge in [0.2, 0.25) is 5.82 Å². The standard InChI is InChI=1S/C13H10N2O4/c1-8-4-2-3-5-10(8)19-13(18)9-6-7-14-11(15-9)12(16)17/h2-7H,1H3,(H,16,17). The first-order valence-corrected chi connectivity index (χ1v) is 5.42. The van der Waals surface area contributed by atoms with Crippen LogP contribution in [0.5, 0.6) is 5.75 Å². The lowest BCUT2D eigenvalue weighted by atomic mass is 10.2. The average Bonchev–Trinajstić information content (AvgIpc) is 2.41. The zero-order valence-electron chi connectivity index (χ0n) is 10.0. The highest BCUT2D eigenvalue weighted by molar-refractivity contribution is 5.91. The van der Waals surface area contributed by atoms with E-state index in [4.69, 9.17) is 9.84 Å². The Morgan fingerprint density at radius 1 is 1.21 bits per heavy atom. The molecule has 19 heavy (non-hydrogen) atoms. The predicted octanol–water partition coefficient (Wildman–Crippen LogP) is 1.70. The third-order valence-electron chi connectivity index (χ3n) is 2.35. The van der Waals surface area contributed by atoms with Crippen LogP contribution in [0.15, 0.2) is 36.5 Å². The Bertz CT molecular complexity index is 640. The lowest BCUT2D eigenvalue weighted by Gasteiger charge is -2.06. The largest absolute Gasteiger partial charge is 0.475 e. The highest BCUT2D eigenvalue weighted by atomic mass is 16.5. The molecule has 0 fully saturated rings. The Kier molecular flexibility index (Phi) is 3.51. The van der Waals surface area contributed by atoms with Crippen molar-refractivity contribution < 1.29 is 19.4 Å². The van der Waals surface area contributed by atoms with Crippen LogP contribution in [0, 0.1) is 6.92 Å². The minimum Gasteiger partial charge on any atom is -0.475 e. The van der Waals surface area contributed by atoms with Crippen molar-refractivity contribution in [3.63, 3.8) is 0 Å². The summed E-state index contributed by atoms with van der Waals surface area (Å²) in [4.78, 5) is 29.7. The Morgan fingerprint density at radius 3 is 2.63 bits per heavy atom. The molecule has 6 nitrogen and oxygen atoms in total. The summed E-state index contributed by atoms with van der Waals surface area (Å²) in [5.41, 5.74) is 0.694. The van der Waals surface area contributed by atoms with Gasteiger partial charge in [0.15, 0.2) is 5.69 Å². The van der Waals surface area contributed by atoms with Crippen molar-refractivity contribution in [3.05, 3.63) is 53.6 Å². The van der Waals surface area contributed by atoms with Gasteiger partial charge in [0.05, 0.1) is 0 Å². The summed E-state index contributed by atoms with van der Waals surface area (Å²) in [6.45, 7) is 1.80. The van der Waals surface area contributed by atoms with Gasteiger partial charge in [-0.2, -0.15) is 0 Å². The molecule has 0 amide bonds. The Hall–Kier alpha value is -2.76. The van der Waals surface area contributed by atoms with Crippen LogP contribution in [-0.4, -0.2) is 27.0 Å². The molecule has 0 radical (unpaired) electrons. The van der Waals surface area contributed by atoms with Gasteiger partial charge in [0.25, 0.3) is 0 Å². The SMILES string of the molecule is Cc1ccccc1OC(=O)c1ccnc(C(=O)O)n1. The van der Waals surface area contributed by atoms with Gasteiger partial charge in [-0.05, 0) is 24.6 Å². The smallest absolute Gasteiger partial charge is 0.373 e. The molecule has 0 spiro atoms.